The van der Waals surface area contributed by atoms with E-state index >= 15 is 0 Å². The lowest BCUT2D eigenvalue weighted by Crippen LogP contribution is -2.46. The first-order chi connectivity index (χ1) is 43.0. The minimum absolute atomic E-state index is 0.0635. The predicted molar refractivity (Wildman–Crippen MR) is 387 cm³/mol. The van der Waals surface area contributed by atoms with Gasteiger partial charge in [0.1, 0.15) is 13.2 Å². The quantitative estimate of drug-likeness (QED) is 0.0243. The van der Waals surface area contributed by atoms with Crippen molar-refractivity contribution in [2.45, 2.75) is 334 Å². The molecule has 0 bridgehead atoms. The molecule has 0 aromatic rings. The Balaban J connectivity index is 4.13. The van der Waals surface area contributed by atoms with Crippen LogP contribution >= 0.6 is 7.82 Å². The number of phosphoric ester groups is 1. The Bertz CT molecular complexity index is 1850. The van der Waals surface area contributed by atoms with Gasteiger partial charge in [0.25, 0.3) is 0 Å². The third kappa shape index (κ3) is 70.4. The molecular weight excluding hydrogens is 1100 g/mol. The molecule has 0 aliphatic heterocycles. The molecule has 8 nitrogen and oxygen atoms in total. The summed E-state index contributed by atoms with van der Waals surface area (Å²) in [5, 5.41) is 14.1. The average molecular weight is 1250 g/mol. The lowest BCUT2D eigenvalue weighted by Gasteiger charge is -2.26. The molecular formula is C79H142N2O6P+. The third-order valence-corrected chi connectivity index (χ3v) is 17.2. The third-order valence-electron chi connectivity index (χ3n) is 16.2. The van der Waals surface area contributed by atoms with Crippen LogP contribution in [0, 0.1) is 0 Å². The molecule has 0 fully saturated rings. The zero-order chi connectivity index (χ0) is 64.1. The number of aliphatic hydroxyl groups is 1. The summed E-state index contributed by atoms with van der Waals surface area (Å²) in [5.74, 6) is -0.169. The number of phosphoric acid groups is 1. The standard InChI is InChI=1S/C79H141N2O6P/c1-6-8-10-12-14-16-18-20-22-24-26-28-30-32-34-36-38-39-40-41-43-45-47-49-51-53-55-57-59-61-63-65-67-69-71-73-79(83)80-77(76-87-88(84,85)86-75-74-81(3,4)5)78(82)72-70-68-66-64-62-60-58-56-54-52-50-48-46-44-42-37-35-33-31-29-27-25-23-21-19-17-15-13-11-9-7-2/h8,10,14,16,20,22,26,28,32,34,38-39,41,43,47,49,53,55,59,61,77-78,82H,6-7,9,11-13,15,17-19,21,23-25,27,29-31,33,35-37,40,42,44-46,48,50-52,54,56-58,60,62-76H2,1-5H3,(H-,80,83,84,85)/p+1/b10-8-,16-14-,22-20-,28-26-,34-32-,39-38-,43-41-,49-47-,55-53-,61-59-. The Morgan fingerprint density at radius 2 is 0.682 bits per heavy atom. The second-order valence-corrected chi connectivity index (χ2v) is 27.4. The normalized spacial score (nSPS) is 14.3. The first-order valence-electron chi connectivity index (χ1n) is 36.9. The highest BCUT2D eigenvalue weighted by molar-refractivity contribution is 7.47. The summed E-state index contributed by atoms with van der Waals surface area (Å²) in [6.45, 7) is 4.78. The molecule has 0 aromatic heterocycles. The largest absolute Gasteiger partial charge is 0.472 e. The van der Waals surface area contributed by atoms with E-state index in [1.165, 1.54) is 180 Å². The van der Waals surface area contributed by atoms with E-state index in [-0.39, 0.29) is 19.1 Å². The van der Waals surface area contributed by atoms with Gasteiger partial charge in [0, 0.05) is 6.42 Å². The molecule has 0 aliphatic carbocycles. The Kier molecular flexibility index (Phi) is 65.9. The Morgan fingerprint density at radius 3 is 1.00 bits per heavy atom. The molecule has 0 spiro atoms. The molecule has 9 heteroatoms. The molecule has 1 amide bonds. The summed E-state index contributed by atoms with van der Waals surface area (Å²) >= 11 is 0. The monoisotopic (exact) mass is 1250 g/mol. The molecule has 3 unspecified atom stereocenters. The number of amides is 1. The summed E-state index contributed by atoms with van der Waals surface area (Å²) in [4.78, 5) is 23.5. The number of aliphatic hydroxyl groups excluding tert-OH is 1. The van der Waals surface area contributed by atoms with Crippen molar-refractivity contribution in [3.63, 3.8) is 0 Å². The molecule has 3 atom stereocenters. The van der Waals surface area contributed by atoms with E-state index < -0.39 is 20.0 Å². The molecule has 0 aliphatic rings. The van der Waals surface area contributed by atoms with E-state index in [2.05, 4.69) is 141 Å². The van der Waals surface area contributed by atoms with E-state index in [0.717, 1.165) is 116 Å². The molecule has 88 heavy (non-hydrogen) atoms. The summed E-state index contributed by atoms with van der Waals surface area (Å²) in [6, 6.07) is -0.786. The number of nitrogens with one attached hydrogen (secondary N) is 1. The fourth-order valence-electron chi connectivity index (χ4n) is 10.5. The van der Waals surface area contributed by atoms with Crippen LogP contribution in [-0.2, 0) is 18.4 Å². The van der Waals surface area contributed by atoms with Crippen molar-refractivity contribution < 1.29 is 32.9 Å². The predicted octanol–water partition coefficient (Wildman–Crippen LogP) is 24.0. The maximum absolute atomic E-state index is 13.1. The van der Waals surface area contributed by atoms with Crippen molar-refractivity contribution in [1.82, 2.24) is 5.32 Å². The molecule has 0 radical (unpaired) electrons. The van der Waals surface area contributed by atoms with Gasteiger partial charge in [0.15, 0.2) is 0 Å². The van der Waals surface area contributed by atoms with Crippen molar-refractivity contribution in [1.29, 1.82) is 0 Å². The number of rotatable bonds is 67. The van der Waals surface area contributed by atoms with Gasteiger partial charge >= 0.3 is 7.82 Å². The Morgan fingerprint density at radius 1 is 0.398 bits per heavy atom. The Hall–Kier alpha value is -3.10. The van der Waals surface area contributed by atoms with Crippen molar-refractivity contribution >= 4 is 13.7 Å². The number of unbranched alkanes of at least 4 members (excludes halogenated alkanes) is 34. The van der Waals surface area contributed by atoms with Crippen LogP contribution in [0.4, 0.5) is 0 Å². The zero-order valence-corrected chi connectivity index (χ0v) is 59.1. The topological polar surface area (TPSA) is 105 Å². The summed E-state index contributed by atoms with van der Waals surface area (Å²) < 4.78 is 23.9. The highest BCUT2D eigenvalue weighted by Crippen LogP contribution is 2.43. The number of allylic oxidation sites excluding steroid dienone is 20. The Labute approximate surface area is 545 Å². The number of nitrogens with zero attached hydrogens (tertiary/aromatic N) is 1. The van der Waals surface area contributed by atoms with E-state index in [1.54, 1.807) is 0 Å². The zero-order valence-electron chi connectivity index (χ0n) is 58.2. The van der Waals surface area contributed by atoms with Gasteiger partial charge < -0.3 is 19.8 Å². The van der Waals surface area contributed by atoms with E-state index in [1.807, 2.05) is 21.1 Å². The van der Waals surface area contributed by atoms with Gasteiger partial charge in [0.05, 0.1) is 39.9 Å². The van der Waals surface area contributed by atoms with Crippen LogP contribution in [0.2, 0.25) is 0 Å². The van der Waals surface area contributed by atoms with Crippen LogP contribution in [0.15, 0.2) is 122 Å². The molecule has 0 aromatic carbocycles. The number of carbonyl (C=O) groups is 1. The van der Waals surface area contributed by atoms with Crippen LogP contribution in [0.1, 0.15) is 322 Å². The fraction of sp³-hybridized carbons (Fsp3) is 0.734. The first-order valence-corrected chi connectivity index (χ1v) is 38.4. The molecule has 0 saturated heterocycles. The van der Waals surface area contributed by atoms with Gasteiger partial charge in [-0.2, -0.15) is 0 Å². The lowest BCUT2D eigenvalue weighted by atomic mass is 10.0. The summed E-state index contributed by atoms with van der Waals surface area (Å²) in [5.41, 5.74) is 0. The SMILES string of the molecule is CC/C=C\C/C=C\C/C=C\C/C=C\C/C=C\C/C=C\C/C=C\C/C=C\C/C=C\C/C=C\CCCCCCC(=O)NC(COP(=O)(O)OCC[N+](C)(C)C)C(O)CCCCCCCCCCCCCCCCCCCCCCCCCCCCCCCCC. The summed E-state index contributed by atoms with van der Waals surface area (Å²) in [7, 11) is 1.59. The second-order valence-electron chi connectivity index (χ2n) is 25.9. The van der Waals surface area contributed by atoms with Gasteiger partial charge in [-0.05, 0) is 89.9 Å². The van der Waals surface area contributed by atoms with Crippen molar-refractivity contribution in [3.05, 3.63) is 122 Å². The van der Waals surface area contributed by atoms with Crippen LogP contribution in [0.25, 0.3) is 0 Å². The number of hydrogen-bond donors (Lipinski definition) is 3. The van der Waals surface area contributed by atoms with E-state index in [9.17, 15) is 19.4 Å². The molecule has 0 saturated carbocycles. The van der Waals surface area contributed by atoms with Gasteiger partial charge in [0.2, 0.25) is 5.91 Å². The number of likely N-dealkylation sites (N-methyl/N-ethyl adjacent to an activating group) is 1. The van der Waals surface area contributed by atoms with Crippen molar-refractivity contribution in [2.75, 3.05) is 40.9 Å². The van der Waals surface area contributed by atoms with Gasteiger partial charge in [-0.15, -0.1) is 0 Å². The van der Waals surface area contributed by atoms with Crippen LogP contribution < -0.4 is 5.32 Å². The van der Waals surface area contributed by atoms with Crippen molar-refractivity contribution in [2.24, 2.45) is 0 Å². The van der Waals surface area contributed by atoms with Gasteiger partial charge in [-0.25, -0.2) is 4.57 Å². The van der Waals surface area contributed by atoms with Gasteiger partial charge in [-0.1, -0.05) is 347 Å². The summed E-state index contributed by atoms with van der Waals surface area (Å²) in [6.07, 6.45) is 102. The van der Waals surface area contributed by atoms with Crippen molar-refractivity contribution in [3.8, 4) is 0 Å². The van der Waals surface area contributed by atoms with Crippen LogP contribution in [0.5, 0.6) is 0 Å². The second kappa shape index (κ2) is 68.3. The van der Waals surface area contributed by atoms with Crippen LogP contribution in [-0.4, -0.2) is 73.4 Å². The fourth-order valence-corrected chi connectivity index (χ4v) is 11.3. The smallest absolute Gasteiger partial charge is 0.391 e. The van der Waals surface area contributed by atoms with E-state index in [4.69, 9.17) is 9.05 Å². The van der Waals surface area contributed by atoms with Crippen LogP contribution in [0.3, 0.4) is 0 Å². The minimum Gasteiger partial charge on any atom is -0.391 e. The number of quaternary nitrogens is 1. The highest BCUT2D eigenvalue weighted by atomic mass is 31.2. The molecule has 3 N–H and O–H groups in total. The molecule has 508 valence electrons. The highest BCUT2D eigenvalue weighted by Gasteiger charge is 2.28. The van der Waals surface area contributed by atoms with E-state index in [0.29, 0.717) is 23.9 Å². The molecule has 0 rings (SSSR count). The first kappa shape index (κ1) is 84.9. The minimum atomic E-state index is -4.35. The lowest BCUT2D eigenvalue weighted by molar-refractivity contribution is -0.870. The maximum Gasteiger partial charge on any atom is 0.472 e. The average Bonchev–Trinajstić information content (AvgIpc) is 3.64. The number of carbonyl (C=O) groups excluding carboxylic acids is 1. The molecule has 0 heterocycles. The van der Waals surface area contributed by atoms with Gasteiger partial charge in [-0.3, -0.25) is 13.8 Å². The maximum atomic E-state index is 13.1. The number of hydrogen-bond acceptors (Lipinski definition) is 5.